The molecule has 0 fully saturated rings. The first-order valence-corrected chi connectivity index (χ1v) is 8.57. The summed E-state index contributed by atoms with van der Waals surface area (Å²) in [5, 5.41) is 3.03. The molecule has 140 valence electrons. The first-order valence-electron chi connectivity index (χ1n) is 7.81. The fourth-order valence-electron chi connectivity index (χ4n) is 2.40. The zero-order chi connectivity index (χ0) is 19.6. The molecule has 0 saturated heterocycles. The number of carbonyl (C=O) groups excluding carboxylic acids is 1. The summed E-state index contributed by atoms with van der Waals surface area (Å²) in [4.78, 5) is 16.1. The number of hydrogen-bond donors (Lipinski definition) is 2. The molecule has 9 heteroatoms. The highest BCUT2D eigenvalue weighted by Crippen LogP contribution is 2.35. The van der Waals surface area contributed by atoms with Crippen LogP contribution >= 0.6 is 23.2 Å². The summed E-state index contributed by atoms with van der Waals surface area (Å²) in [5.74, 6) is -0.838. The van der Waals surface area contributed by atoms with Crippen LogP contribution in [-0.2, 0) is 13.6 Å². The number of nitrogens with two attached hydrogens (primary N) is 1. The molecule has 0 atom stereocenters. The Hall–Kier alpha value is -2.77. The van der Waals surface area contributed by atoms with Gasteiger partial charge in [0, 0.05) is 48.3 Å². The van der Waals surface area contributed by atoms with Gasteiger partial charge in [0.25, 0.3) is 5.91 Å². The number of halogens is 3. The molecule has 1 aromatic heterocycles. The van der Waals surface area contributed by atoms with Crippen molar-refractivity contribution in [3.8, 4) is 11.5 Å². The normalized spacial score (nSPS) is 10.7. The van der Waals surface area contributed by atoms with Crippen molar-refractivity contribution < 1.29 is 13.9 Å². The number of aromatic nitrogens is 2. The van der Waals surface area contributed by atoms with E-state index in [1.807, 2.05) is 0 Å². The second kappa shape index (κ2) is 7.85. The molecule has 6 nitrogen and oxygen atoms in total. The van der Waals surface area contributed by atoms with Gasteiger partial charge in [-0.25, -0.2) is 9.37 Å². The van der Waals surface area contributed by atoms with E-state index >= 15 is 0 Å². The van der Waals surface area contributed by atoms with E-state index in [9.17, 15) is 9.18 Å². The van der Waals surface area contributed by atoms with Crippen molar-refractivity contribution in [3.63, 3.8) is 0 Å². The number of amides is 1. The molecule has 3 aromatic rings. The number of nitrogens with zero attached hydrogens (tertiary/aromatic N) is 2. The fourth-order valence-corrected chi connectivity index (χ4v) is 2.82. The number of nitrogens with one attached hydrogen (secondary N) is 1. The number of benzene rings is 2. The van der Waals surface area contributed by atoms with Crippen molar-refractivity contribution in [2.24, 2.45) is 7.05 Å². The van der Waals surface area contributed by atoms with Crippen molar-refractivity contribution in [2.75, 3.05) is 5.73 Å². The van der Waals surface area contributed by atoms with E-state index in [-0.39, 0.29) is 34.5 Å². The summed E-state index contributed by atoms with van der Waals surface area (Å²) in [6.45, 7) is -0.0667. The predicted octanol–water partition coefficient (Wildman–Crippen LogP) is 4.17. The molecule has 3 rings (SSSR count). The second-order valence-corrected chi connectivity index (χ2v) is 6.56. The molecule has 0 aliphatic carbocycles. The molecular weight excluding hydrogens is 394 g/mol. The molecule has 0 spiro atoms. The molecule has 3 N–H and O–H groups in total. The van der Waals surface area contributed by atoms with Crippen LogP contribution in [0.15, 0.2) is 42.7 Å². The summed E-state index contributed by atoms with van der Waals surface area (Å²) in [6.07, 6.45) is 3.14. The van der Waals surface area contributed by atoms with Crippen LogP contribution in [0.5, 0.6) is 11.5 Å². The van der Waals surface area contributed by atoms with Gasteiger partial charge in [0.15, 0.2) is 17.4 Å². The Labute approximate surface area is 164 Å². The highest BCUT2D eigenvalue weighted by atomic mass is 35.5. The van der Waals surface area contributed by atoms with Gasteiger partial charge in [0.2, 0.25) is 0 Å². The molecule has 1 amide bonds. The minimum Gasteiger partial charge on any atom is -0.453 e. The van der Waals surface area contributed by atoms with Crippen LogP contribution in [0.25, 0.3) is 0 Å². The van der Waals surface area contributed by atoms with Crippen molar-refractivity contribution in [2.45, 2.75) is 6.54 Å². The monoisotopic (exact) mass is 408 g/mol. The van der Waals surface area contributed by atoms with Crippen LogP contribution in [0.1, 0.15) is 16.2 Å². The second-order valence-electron chi connectivity index (χ2n) is 5.72. The van der Waals surface area contributed by atoms with Gasteiger partial charge in [-0.05, 0) is 18.2 Å². The third-order valence-electron chi connectivity index (χ3n) is 3.71. The number of imidazole rings is 1. The van der Waals surface area contributed by atoms with Crippen molar-refractivity contribution in [1.29, 1.82) is 0 Å². The summed E-state index contributed by atoms with van der Waals surface area (Å²) in [7, 11) is 1.69. The largest absolute Gasteiger partial charge is 0.453 e. The van der Waals surface area contributed by atoms with Crippen LogP contribution in [0.3, 0.4) is 0 Å². The van der Waals surface area contributed by atoms with Gasteiger partial charge in [-0.15, -0.1) is 0 Å². The summed E-state index contributed by atoms with van der Waals surface area (Å²) in [6, 6.07) is 7.47. The molecule has 27 heavy (non-hydrogen) atoms. The van der Waals surface area contributed by atoms with E-state index in [2.05, 4.69) is 10.3 Å². The van der Waals surface area contributed by atoms with E-state index in [0.717, 1.165) is 0 Å². The Morgan fingerprint density at radius 2 is 2.11 bits per heavy atom. The van der Waals surface area contributed by atoms with Gasteiger partial charge in [0.05, 0.1) is 5.02 Å². The number of hydrogen-bond acceptors (Lipinski definition) is 4. The summed E-state index contributed by atoms with van der Waals surface area (Å²) in [5.41, 5.74) is 6.28. The summed E-state index contributed by atoms with van der Waals surface area (Å²) < 4.78 is 21.9. The average molecular weight is 409 g/mol. The zero-order valence-electron chi connectivity index (χ0n) is 14.2. The minimum absolute atomic E-state index is 0.0667. The minimum atomic E-state index is -0.693. The Balaban J connectivity index is 1.81. The van der Waals surface area contributed by atoms with Crippen molar-refractivity contribution in [3.05, 3.63) is 70.0 Å². The highest BCUT2D eigenvalue weighted by Gasteiger charge is 2.17. The SMILES string of the molecule is Cn1ccnc1C(=O)NCc1ccc(Cl)c(Oc2cc(N)cc(Cl)c2)c1F. The number of ether oxygens (including phenoxy) is 1. The first kappa shape index (κ1) is 19.0. The average Bonchev–Trinajstić information content (AvgIpc) is 3.03. The molecule has 0 aliphatic rings. The topological polar surface area (TPSA) is 82.2 Å². The maximum Gasteiger partial charge on any atom is 0.287 e. The molecule has 0 radical (unpaired) electrons. The van der Waals surface area contributed by atoms with Gasteiger partial charge >= 0.3 is 0 Å². The molecular formula is C18H15Cl2FN4O2. The third kappa shape index (κ3) is 4.32. The van der Waals surface area contributed by atoms with Gasteiger partial charge in [-0.2, -0.15) is 0 Å². The van der Waals surface area contributed by atoms with Crippen LogP contribution in [0.4, 0.5) is 10.1 Å². The standard InChI is InChI=1S/C18H15Cl2FN4O2/c1-25-5-4-23-17(25)18(26)24-9-10-2-3-14(20)16(15(10)21)27-13-7-11(19)6-12(22)8-13/h2-8H,9,22H2,1H3,(H,24,26). The van der Waals surface area contributed by atoms with E-state index < -0.39 is 11.7 Å². The number of nitrogen functional groups attached to an aromatic ring is 1. The van der Waals surface area contributed by atoms with Gasteiger partial charge < -0.3 is 20.4 Å². The number of anilines is 1. The van der Waals surface area contributed by atoms with Crippen LogP contribution in [-0.4, -0.2) is 15.5 Å². The Kier molecular flexibility index (Phi) is 5.53. The van der Waals surface area contributed by atoms with E-state index in [0.29, 0.717) is 10.7 Å². The predicted molar refractivity (Wildman–Crippen MR) is 102 cm³/mol. The Bertz CT molecular complexity index is 987. The number of aryl methyl sites for hydroxylation is 1. The lowest BCUT2D eigenvalue weighted by atomic mass is 10.2. The van der Waals surface area contributed by atoms with Crippen LogP contribution in [0, 0.1) is 5.82 Å². The van der Waals surface area contributed by atoms with E-state index in [1.165, 1.54) is 36.5 Å². The van der Waals surface area contributed by atoms with Gasteiger partial charge in [-0.1, -0.05) is 29.3 Å². The molecule has 1 heterocycles. The quantitative estimate of drug-likeness (QED) is 0.620. The van der Waals surface area contributed by atoms with Gasteiger partial charge in [0.1, 0.15) is 5.75 Å². The molecule has 0 bridgehead atoms. The third-order valence-corrected chi connectivity index (χ3v) is 4.22. The lowest BCUT2D eigenvalue weighted by Crippen LogP contribution is -2.26. The number of rotatable bonds is 5. The first-order chi connectivity index (χ1) is 12.8. The van der Waals surface area contributed by atoms with Crippen molar-refractivity contribution >= 4 is 34.8 Å². The fraction of sp³-hybridized carbons (Fsp3) is 0.111. The maximum absolute atomic E-state index is 14.8. The smallest absolute Gasteiger partial charge is 0.287 e. The molecule has 2 aromatic carbocycles. The van der Waals surface area contributed by atoms with Gasteiger partial charge in [-0.3, -0.25) is 4.79 Å². The molecule has 0 aliphatic heterocycles. The van der Waals surface area contributed by atoms with Crippen LogP contribution in [0.2, 0.25) is 10.0 Å². The summed E-state index contributed by atoms with van der Waals surface area (Å²) >= 11 is 12.0. The Morgan fingerprint density at radius 3 is 2.78 bits per heavy atom. The van der Waals surface area contributed by atoms with E-state index in [4.69, 9.17) is 33.7 Å². The maximum atomic E-state index is 14.8. The lowest BCUT2D eigenvalue weighted by molar-refractivity contribution is 0.0937. The van der Waals surface area contributed by atoms with E-state index in [1.54, 1.807) is 17.8 Å². The lowest BCUT2D eigenvalue weighted by Gasteiger charge is -2.13. The number of carbonyl (C=O) groups is 1. The van der Waals surface area contributed by atoms with Crippen molar-refractivity contribution in [1.82, 2.24) is 14.9 Å². The zero-order valence-corrected chi connectivity index (χ0v) is 15.7. The molecule has 0 unspecified atom stereocenters. The highest BCUT2D eigenvalue weighted by molar-refractivity contribution is 6.32. The molecule has 0 saturated carbocycles. The van der Waals surface area contributed by atoms with Crippen LogP contribution < -0.4 is 15.8 Å². The Morgan fingerprint density at radius 1 is 1.33 bits per heavy atom.